The van der Waals surface area contributed by atoms with Crippen molar-refractivity contribution in [2.45, 2.75) is 32.4 Å². The van der Waals surface area contributed by atoms with Crippen LogP contribution in [0.25, 0.3) is 0 Å². The molecule has 122 valence electrons. The molecule has 0 spiro atoms. The van der Waals surface area contributed by atoms with Gasteiger partial charge in [0.25, 0.3) is 0 Å². The highest BCUT2D eigenvalue weighted by atomic mass is 16.6. The quantitative estimate of drug-likeness (QED) is 0.929. The van der Waals surface area contributed by atoms with Gasteiger partial charge >= 0.3 is 6.09 Å². The Hall–Kier alpha value is -1.59. The monoisotopic (exact) mass is 306 g/mol. The standard InChI is InChI=1S/C17H26N2O3/c1-17(2,3)22-16(20)18-15(14-7-5-4-6-8-14)13-19-9-11-21-12-10-19/h4-8,15H,9-13H2,1-3H3,(H,18,20). The minimum Gasteiger partial charge on any atom is -0.444 e. The van der Waals surface area contributed by atoms with E-state index < -0.39 is 5.60 Å². The van der Waals surface area contributed by atoms with Crippen molar-refractivity contribution >= 4 is 6.09 Å². The highest BCUT2D eigenvalue weighted by molar-refractivity contribution is 5.68. The molecule has 2 rings (SSSR count). The number of carbonyl (C=O) groups excluding carboxylic acids is 1. The fourth-order valence-corrected chi connectivity index (χ4v) is 2.41. The Kier molecular flexibility index (Phi) is 5.80. The van der Waals surface area contributed by atoms with E-state index in [-0.39, 0.29) is 12.1 Å². The van der Waals surface area contributed by atoms with Crippen molar-refractivity contribution in [3.05, 3.63) is 35.9 Å². The number of nitrogens with one attached hydrogen (secondary N) is 1. The van der Waals surface area contributed by atoms with Gasteiger partial charge in [0.05, 0.1) is 19.3 Å². The van der Waals surface area contributed by atoms with E-state index in [4.69, 9.17) is 9.47 Å². The second-order valence-electron chi connectivity index (χ2n) is 6.52. The Morgan fingerprint density at radius 2 is 1.91 bits per heavy atom. The smallest absolute Gasteiger partial charge is 0.408 e. The van der Waals surface area contributed by atoms with Gasteiger partial charge in [-0.05, 0) is 26.3 Å². The van der Waals surface area contributed by atoms with Crippen LogP contribution in [0.15, 0.2) is 30.3 Å². The number of hydrogen-bond donors (Lipinski definition) is 1. The number of morpholine rings is 1. The molecule has 1 heterocycles. The number of hydrogen-bond acceptors (Lipinski definition) is 4. The van der Waals surface area contributed by atoms with Gasteiger partial charge in [0.15, 0.2) is 0 Å². The number of benzene rings is 1. The van der Waals surface area contributed by atoms with Crippen LogP contribution in [0, 0.1) is 0 Å². The van der Waals surface area contributed by atoms with E-state index in [1.165, 1.54) is 0 Å². The fraction of sp³-hybridized carbons (Fsp3) is 0.588. The van der Waals surface area contributed by atoms with Crippen molar-refractivity contribution in [1.82, 2.24) is 10.2 Å². The summed E-state index contributed by atoms with van der Waals surface area (Å²) in [6.45, 7) is 9.62. The molecule has 1 saturated heterocycles. The molecule has 1 atom stereocenters. The second-order valence-corrected chi connectivity index (χ2v) is 6.52. The average Bonchev–Trinajstić information content (AvgIpc) is 2.47. The molecule has 5 heteroatoms. The van der Waals surface area contributed by atoms with E-state index in [1.54, 1.807) is 0 Å². The van der Waals surface area contributed by atoms with Crippen molar-refractivity contribution in [2.75, 3.05) is 32.8 Å². The number of alkyl carbamates (subject to hydrolysis) is 1. The first-order chi connectivity index (χ1) is 10.4. The molecule has 1 aliphatic rings. The number of ether oxygens (including phenoxy) is 2. The van der Waals surface area contributed by atoms with Crippen molar-refractivity contribution in [3.8, 4) is 0 Å². The van der Waals surface area contributed by atoms with Gasteiger partial charge in [-0.2, -0.15) is 0 Å². The van der Waals surface area contributed by atoms with Gasteiger partial charge in [-0.15, -0.1) is 0 Å². The number of nitrogens with zero attached hydrogens (tertiary/aromatic N) is 1. The largest absolute Gasteiger partial charge is 0.444 e. The molecule has 1 unspecified atom stereocenters. The number of carbonyl (C=O) groups is 1. The summed E-state index contributed by atoms with van der Waals surface area (Å²) in [4.78, 5) is 14.4. The summed E-state index contributed by atoms with van der Waals surface area (Å²) in [5.74, 6) is 0. The Bertz CT molecular complexity index is 465. The minimum atomic E-state index is -0.496. The van der Waals surface area contributed by atoms with Gasteiger partial charge in [-0.25, -0.2) is 4.79 Å². The molecule has 0 bridgehead atoms. The van der Waals surface area contributed by atoms with E-state index in [1.807, 2.05) is 51.1 Å². The minimum absolute atomic E-state index is 0.0888. The van der Waals surface area contributed by atoms with Gasteiger partial charge in [-0.1, -0.05) is 30.3 Å². The number of amides is 1. The molecular weight excluding hydrogens is 280 g/mol. The van der Waals surface area contributed by atoms with E-state index in [2.05, 4.69) is 10.2 Å². The van der Waals surface area contributed by atoms with Crippen LogP contribution in [0.4, 0.5) is 4.79 Å². The van der Waals surface area contributed by atoms with Crippen LogP contribution in [-0.4, -0.2) is 49.4 Å². The van der Waals surface area contributed by atoms with Gasteiger partial charge in [0.2, 0.25) is 0 Å². The third-order valence-corrected chi connectivity index (χ3v) is 3.44. The van der Waals surface area contributed by atoms with Crippen LogP contribution in [0.3, 0.4) is 0 Å². The first-order valence-electron chi connectivity index (χ1n) is 7.78. The highest BCUT2D eigenvalue weighted by Gasteiger charge is 2.23. The fourth-order valence-electron chi connectivity index (χ4n) is 2.41. The van der Waals surface area contributed by atoms with Crippen molar-refractivity contribution in [1.29, 1.82) is 0 Å². The molecule has 1 fully saturated rings. The summed E-state index contributed by atoms with van der Waals surface area (Å²) >= 11 is 0. The summed E-state index contributed by atoms with van der Waals surface area (Å²) < 4.78 is 10.8. The van der Waals surface area contributed by atoms with Crippen molar-refractivity contribution in [2.24, 2.45) is 0 Å². The molecule has 1 amide bonds. The predicted octanol–water partition coefficient (Wildman–Crippen LogP) is 2.58. The SMILES string of the molecule is CC(C)(C)OC(=O)NC(CN1CCOCC1)c1ccccc1. The lowest BCUT2D eigenvalue weighted by Gasteiger charge is -2.31. The third kappa shape index (κ3) is 5.66. The van der Waals surface area contributed by atoms with E-state index in [0.717, 1.165) is 38.4 Å². The molecule has 5 nitrogen and oxygen atoms in total. The van der Waals surface area contributed by atoms with Crippen LogP contribution < -0.4 is 5.32 Å². The zero-order valence-electron chi connectivity index (χ0n) is 13.7. The molecular formula is C17H26N2O3. The molecule has 1 aromatic rings. The number of rotatable bonds is 4. The Morgan fingerprint density at radius 1 is 1.27 bits per heavy atom. The van der Waals surface area contributed by atoms with Gasteiger partial charge < -0.3 is 14.8 Å². The molecule has 0 saturated carbocycles. The first kappa shape index (κ1) is 16.8. The van der Waals surface area contributed by atoms with Crippen LogP contribution in [0.1, 0.15) is 32.4 Å². The first-order valence-corrected chi connectivity index (χ1v) is 7.78. The van der Waals surface area contributed by atoms with Crippen LogP contribution >= 0.6 is 0 Å². The Morgan fingerprint density at radius 3 is 2.50 bits per heavy atom. The molecule has 1 N–H and O–H groups in total. The Balaban J connectivity index is 2.03. The topological polar surface area (TPSA) is 50.8 Å². The summed E-state index contributed by atoms with van der Waals surface area (Å²) in [5.41, 5.74) is 0.587. The summed E-state index contributed by atoms with van der Waals surface area (Å²) in [6, 6.07) is 9.92. The summed E-state index contributed by atoms with van der Waals surface area (Å²) in [7, 11) is 0. The van der Waals surface area contributed by atoms with Crippen LogP contribution in [0.5, 0.6) is 0 Å². The van der Waals surface area contributed by atoms with E-state index in [0.29, 0.717) is 0 Å². The highest BCUT2D eigenvalue weighted by Crippen LogP contribution is 2.16. The lowest BCUT2D eigenvalue weighted by molar-refractivity contribution is 0.0288. The molecule has 1 aromatic carbocycles. The lowest BCUT2D eigenvalue weighted by atomic mass is 10.1. The van der Waals surface area contributed by atoms with Crippen LogP contribution in [0.2, 0.25) is 0 Å². The Labute approximate surface area is 132 Å². The predicted molar refractivity (Wildman–Crippen MR) is 85.8 cm³/mol. The third-order valence-electron chi connectivity index (χ3n) is 3.44. The van der Waals surface area contributed by atoms with Gasteiger partial charge in [0, 0.05) is 19.6 Å². The maximum atomic E-state index is 12.1. The maximum Gasteiger partial charge on any atom is 0.408 e. The molecule has 1 aliphatic heterocycles. The molecule has 0 aliphatic carbocycles. The molecule has 0 radical (unpaired) electrons. The lowest BCUT2D eigenvalue weighted by Crippen LogP contribution is -2.44. The zero-order valence-corrected chi connectivity index (χ0v) is 13.7. The molecule has 0 aromatic heterocycles. The average molecular weight is 306 g/mol. The van der Waals surface area contributed by atoms with Crippen LogP contribution in [-0.2, 0) is 9.47 Å². The second kappa shape index (κ2) is 7.61. The van der Waals surface area contributed by atoms with Crippen molar-refractivity contribution in [3.63, 3.8) is 0 Å². The van der Waals surface area contributed by atoms with E-state index in [9.17, 15) is 4.79 Å². The maximum absolute atomic E-state index is 12.1. The summed E-state index contributed by atoms with van der Waals surface area (Å²) in [6.07, 6.45) is -0.380. The van der Waals surface area contributed by atoms with Gasteiger partial charge in [-0.3, -0.25) is 4.90 Å². The zero-order chi connectivity index (χ0) is 16.0. The van der Waals surface area contributed by atoms with E-state index >= 15 is 0 Å². The molecule has 22 heavy (non-hydrogen) atoms. The normalized spacial score (nSPS) is 17.8. The summed E-state index contributed by atoms with van der Waals surface area (Å²) in [5, 5.41) is 2.99. The van der Waals surface area contributed by atoms with Crippen molar-refractivity contribution < 1.29 is 14.3 Å². The van der Waals surface area contributed by atoms with Gasteiger partial charge in [0.1, 0.15) is 5.60 Å².